The summed E-state index contributed by atoms with van der Waals surface area (Å²) >= 11 is 0. The number of nitrogens with zero attached hydrogens (tertiary/aromatic N) is 4. The minimum absolute atomic E-state index is 0.270. The van der Waals surface area contributed by atoms with E-state index in [0.717, 1.165) is 53.0 Å². The van der Waals surface area contributed by atoms with Gasteiger partial charge < -0.3 is 4.74 Å². The van der Waals surface area contributed by atoms with E-state index in [4.69, 9.17) is 9.84 Å². The quantitative estimate of drug-likeness (QED) is 0.598. The Balaban J connectivity index is 1.80. The number of aromatic nitrogens is 5. The SMILES string of the molecule is Fc1ccc(-c2nn3c(c2-c2ccnc4[nH]ncc24)OCCCC3)cc1. The predicted molar refractivity (Wildman–Crippen MR) is 95.2 cm³/mol. The Morgan fingerprint density at radius 3 is 2.88 bits per heavy atom. The van der Waals surface area contributed by atoms with Gasteiger partial charge in [-0.05, 0) is 43.2 Å². The molecule has 7 heteroatoms. The van der Waals surface area contributed by atoms with Gasteiger partial charge in [0.15, 0.2) is 5.65 Å². The first-order chi connectivity index (χ1) is 12.8. The Hall–Kier alpha value is -3.22. The molecular formula is C19H16FN5O. The van der Waals surface area contributed by atoms with E-state index in [1.807, 2.05) is 10.7 Å². The van der Waals surface area contributed by atoms with Crippen molar-refractivity contribution in [3.8, 4) is 28.3 Å². The van der Waals surface area contributed by atoms with Crippen LogP contribution in [0.5, 0.6) is 5.88 Å². The van der Waals surface area contributed by atoms with Gasteiger partial charge in [-0.3, -0.25) is 5.10 Å². The molecule has 0 spiro atoms. The zero-order valence-corrected chi connectivity index (χ0v) is 13.9. The topological polar surface area (TPSA) is 68.6 Å². The fourth-order valence-electron chi connectivity index (χ4n) is 3.40. The summed E-state index contributed by atoms with van der Waals surface area (Å²) in [6, 6.07) is 8.33. The summed E-state index contributed by atoms with van der Waals surface area (Å²) in [6.45, 7) is 1.45. The van der Waals surface area contributed by atoms with Crippen molar-refractivity contribution < 1.29 is 9.13 Å². The largest absolute Gasteiger partial charge is 0.477 e. The average Bonchev–Trinajstić information content (AvgIpc) is 3.21. The number of halogens is 1. The molecule has 1 aliphatic heterocycles. The van der Waals surface area contributed by atoms with E-state index in [1.165, 1.54) is 12.1 Å². The van der Waals surface area contributed by atoms with E-state index in [0.29, 0.717) is 12.3 Å². The highest BCUT2D eigenvalue weighted by Gasteiger charge is 2.25. The van der Waals surface area contributed by atoms with Gasteiger partial charge in [0, 0.05) is 29.3 Å². The summed E-state index contributed by atoms with van der Waals surface area (Å²) in [4.78, 5) is 4.32. The highest BCUT2D eigenvalue weighted by molar-refractivity contribution is 5.98. The van der Waals surface area contributed by atoms with Gasteiger partial charge in [0.2, 0.25) is 5.88 Å². The molecule has 0 fully saturated rings. The molecule has 130 valence electrons. The molecule has 4 aromatic rings. The summed E-state index contributed by atoms with van der Waals surface area (Å²) in [5.74, 6) is 0.476. The second-order valence-corrected chi connectivity index (χ2v) is 6.31. The minimum atomic E-state index is -0.270. The maximum Gasteiger partial charge on any atom is 0.220 e. The molecule has 3 aromatic heterocycles. The zero-order chi connectivity index (χ0) is 17.5. The van der Waals surface area contributed by atoms with Crippen LogP contribution in [0.15, 0.2) is 42.7 Å². The van der Waals surface area contributed by atoms with Gasteiger partial charge >= 0.3 is 0 Å². The Bertz CT molecular complexity index is 1080. The van der Waals surface area contributed by atoms with E-state index in [9.17, 15) is 4.39 Å². The lowest BCUT2D eigenvalue weighted by Gasteiger charge is -2.09. The van der Waals surface area contributed by atoms with Gasteiger partial charge in [0.05, 0.1) is 18.4 Å². The van der Waals surface area contributed by atoms with Crippen LogP contribution < -0.4 is 4.74 Å². The molecule has 0 radical (unpaired) electrons. The monoisotopic (exact) mass is 349 g/mol. The number of hydrogen-bond acceptors (Lipinski definition) is 4. The Morgan fingerprint density at radius 1 is 1.12 bits per heavy atom. The maximum absolute atomic E-state index is 13.4. The third kappa shape index (κ3) is 2.35. The lowest BCUT2D eigenvalue weighted by atomic mass is 10.00. The molecule has 0 saturated carbocycles. The molecule has 0 amide bonds. The van der Waals surface area contributed by atoms with Crippen LogP contribution in [0.25, 0.3) is 33.4 Å². The van der Waals surface area contributed by atoms with Crippen molar-refractivity contribution in [1.82, 2.24) is 25.0 Å². The van der Waals surface area contributed by atoms with E-state index >= 15 is 0 Å². The highest BCUT2D eigenvalue weighted by Crippen LogP contribution is 2.42. The summed E-state index contributed by atoms with van der Waals surface area (Å²) < 4.78 is 21.4. The van der Waals surface area contributed by atoms with Crippen LogP contribution in [0.2, 0.25) is 0 Å². The minimum Gasteiger partial charge on any atom is -0.477 e. The van der Waals surface area contributed by atoms with Crippen LogP contribution in [-0.2, 0) is 6.54 Å². The molecule has 1 aliphatic rings. The second-order valence-electron chi connectivity index (χ2n) is 6.31. The average molecular weight is 349 g/mol. The first-order valence-corrected chi connectivity index (χ1v) is 8.59. The number of aromatic amines is 1. The molecule has 6 nitrogen and oxygen atoms in total. The Labute approximate surface area is 148 Å². The lowest BCUT2D eigenvalue weighted by Crippen LogP contribution is -2.00. The first kappa shape index (κ1) is 15.1. The van der Waals surface area contributed by atoms with Crippen molar-refractivity contribution in [2.75, 3.05) is 6.61 Å². The lowest BCUT2D eigenvalue weighted by molar-refractivity contribution is 0.304. The number of ether oxygens (including phenoxy) is 1. The molecule has 1 N–H and O–H groups in total. The van der Waals surface area contributed by atoms with Crippen LogP contribution in [0.1, 0.15) is 12.8 Å². The summed E-state index contributed by atoms with van der Waals surface area (Å²) in [5.41, 5.74) is 4.18. The number of fused-ring (bicyclic) bond motifs is 2. The van der Waals surface area contributed by atoms with Crippen molar-refractivity contribution in [2.45, 2.75) is 19.4 Å². The molecule has 4 heterocycles. The number of rotatable bonds is 2. The normalized spacial score (nSPS) is 14.0. The Kier molecular flexibility index (Phi) is 3.44. The highest BCUT2D eigenvalue weighted by atomic mass is 19.1. The summed E-state index contributed by atoms with van der Waals surface area (Å²) in [6.07, 6.45) is 5.50. The molecule has 26 heavy (non-hydrogen) atoms. The van der Waals surface area contributed by atoms with Crippen LogP contribution in [0, 0.1) is 5.82 Å². The Morgan fingerprint density at radius 2 is 2.00 bits per heavy atom. The zero-order valence-electron chi connectivity index (χ0n) is 13.9. The first-order valence-electron chi connectivity index (χ1n) is 8.59. The van der Waals surface area contributed by atoms with E-state index in [1.54, 1.807) is 24.5 Å². The molecule has 1 aromatic carbocycles. The number of hydrogen-bond donors (Lipinski definition) is 1. The maximum atomic E-state index is 13.4. The van der Waals surface area contributed by atoms with Crippen LogP contribution >= 0.6 is 0 Å². The van der Waals surface area contributed by atoms with Crippen LogP contribution in [-0.4, -0.2) is 31.6 Å². The fraction of sp³-hybridized carbons (Fsp3) is 0.211. The van der Waals surface area contributed by atoms with Crippen molar-refractivity contribution in [2.24, 2.45) is 0 Å². The molecule has 0 bridgehead atoms. The van der Waals surface area contributed by atoms with Gasteiger partial charge in [-0.1, -0.05) is 0 Å². The van der Waals surface area contributed by atoms with E-state index < -0.39 is 0 Å². The van der Waals surface area contributed by atoms with Crippen LogP contribution in [0.3, 0.4) is 0 Å². The standard InChI is InChI=1S/C19H16FN5O/c20-13-5-3-12(4-6-13)17-16(19-25(24-17)9-1-2-10-26-19)14-7-8-21-18-15(14)11-22-23-18/h3-8,11H,1-2,9-10H2,(H,21,22,23). The van der Waals surface area contributed by atoms with Gasteiger partial charge in [-0.2, -0.15) is 10.2 Å². The van der Waals surface area contributed by atoms with Crippen molar-refractivity contribution in [1.29, 1.82) is 0 Å². The molecule has 0 unspecified atom stereocenters. The van der Waals surface area contributed by atoms with Crippen molar-refractivity contribution >= 4 is 11.0 Å². The van der Waals surface area contributed by atoms with E-state index in [2.05, 4.69) is 15.2 Å². The molecular weight excluding hydrogens is 333 g/mol. The summed E-state index contributed by atoms with van der Waals surface area (Å²) in [5, 5.41) is 12.7. The summed E-state index contributed by atoms with van der Waals surface area (Å²) in [7, 11) is 0. The number of pyridine rings is 1. The van der Waals surface area contributed by atoms with Gasteiger partial charge in [0.1, 0.15) is 11.5 Å². The second kappa shape index (κ2) is 5.94. The molecule has 0 saturated heterocycles. The van der Waals surface area contributed by atoms with Crippen molar-refractivity contribution in [3.05, 3.63) is 48.5 Å². The molecule has 0 atom stereocenters. The van der Waals surface area contributed by atoms with E-state index in [-0.39, 0.29) is 5.82 Å². The van der Waals surface area contributed by atoms with Crippen molar-refractivity contribution in [3.63, 3.8) is 0 Å². The smallest absolute Gasteiger partial charge is 0.220 e. The van der Waals surface area contributed by atoms with Crippen LogP contribution in [0.4, 0.5) is 4.39 Å². The fourth-order valence-corrected chi connectivity index (χ4v) is 3.40. The predicted octanol–water partition coefficient (Wildman–Crippen LogP) is 3.80. The third-order valence-corrected chi connectivity index (χ3v) is 4.65. The molecule has 0 aliphatic carbocycles. The number of aryl methyl sites for hydroxylation is 1. The molecule has 5 rings (SSSR count). The number of nitrogens with one attached hydrogen (secondary N) is 1. The third-order valence-electron chi connectivity index (χ3n) is 4.65. The number of H-pyrrole nitrogens is 1. The van der Waals surface area contributed by atoms with Gasteiger partial charge in [-0.15, -0.1) is 0 Å². The van der Waals surface area contributed by atoms with Gasteiger partial charge in [-0.25, -0.2) is 14.1 Å². The van der Waals surface area contributed by atoms with Gasteiger partial charge in [0.25, 0.3) is 0 Å². The number of benzene rings is 1.